The number of halogens is 2. The van der Waals surface area contributed by atoms with Crippen LogP contribution in [0.2, 0.25) is 0 Å². The van der Waals surface area contributed by atoms with Gasteiger partial charge in [-0.15, -0.1) is 0 Å². The number of piperidine rings is 2. The van der Waals surface area contributed by atoms with Crippen molar-refractivity contribution in [1.82, 2.24) is 10.6 Å². The molecule has 5 aliphatic heterocycles. The monoisotopic (exact) mass is 937 g/mol. The van der Waals surface area contributed by atoms with E-state index in [9.17, 15) is 33.6 Å². The lowest BCUT2D eigenvalue weighted by molar-refractivity contribution is -0.135. The van der Waals surface area contributed by atoms with Crippen LogP contribution in [-0.2, 0) is 19.2 Å². The van der Waals surface area contributed by atoms with E-state index in [1.54, 1.807) is 54.6 Å². The Morgan fingerprint density at radius 2 is 1.07 bits per heavy atom. The topological polar surface area (TPSA) is 180 Å². The molecular weight excluding hydrogens is 910 g/mol. The molecule has 2 saturated heterocycles. The Kier molecular flexibility index (Phi) is 10.9. The van der Waals surface area contributed by atoms with Crippen molar-refractivity contribution in [2.24, 2.45) is 0 Å². The van der Waals surface area contributed by atoms with Crippen LogP contribution in [-0.4, -0.2) is 52.2 Å². The molecule has 0 spiro atoms. The SMILES string of the molecule is O=C1CCC(Br)C(=O)N1.O=C1Nc2ccc(Br)c3cccc1c23.[C-]#[N+]c1ccc2c3c(cccc13)C(=O)N2.[C-]#[N+]c1ccc2c3c(cccc13)C(=O)N2C1CCC(=O)NC1=O. The molecule has 11 rings (SSSR count). The van der Waals surface area contributed by atoms with Gasteiger partial charge in [-0.2, -0.15) is 0 Å². The number of nitrogens with one attached hydrogen (secondary N) is 4. The Morgan fingerprint density at radius 3 is 1.64 bits per heavy atom. The van der Waals surface area contributed by atoms with Gasteiger partial charge < -0.3 is 10.6 Å². The van der Waals surface area contributed by atoms with Gasteiger partial charge in [0.15, 0.2) is 11.4 Å². The van der Waals surface area contributed by atoms with Crippen molar-refractivity contribution >= 4 is 134 Å². The van der Waals surface area contributed by atoms with Crippen molar-refractivity contribution in [3.05, 3.63) is 135 Å². The molecule has 2 unspecified atom stereocenters. The molecule has 0 aromatic heterocycles. The number of amides is 7. The molecule has 6 aromatic carbocycles. The Labute approximate surface area is 363 Å². The van der Waals surface area contributed by atoms with Crippen LogP contribution in [0.1, 0.15) is 56.8 Å². The van der Waals surface area contributed by atoms with Gasteiger partial charge in [0.2, 0.25) is 23.6 Å². The van der Waals surface area contributed by atoms with E-state index in [-0.39, 0.29) is 46.7 Å². The molecule has 14 nitrogen and oxygen atoms in total. The third-order valence-electron chi connectivity index (χ3n) is 10.6. The quantitative estimate of drug-likeness (QED) is 0.0726. The summed E-state index contributed by atoms with van der Waals surface area (Å²) in [6.07, 6.45) is 1.57. The number of nitrogens with zero attached hydrogens (tertiary/aromatic N) is 3. The summed E-state index contributed by atoms with van der Waals surface area (Å²) in [5.41, 5.74) is 5.32. The fourth-order valence-electron chi connectivity index (χ4n) is 7.82. The Balaban J connectivity index is 0.000000118. The predicted octanol–water partition coefficient (Wildman–Crippen LogP) is 8.47. The largest absolute Gasteiger partial charge is 0.321 e. The molecule has 0 radical (unpaired) electrons. The first-order chi connectivity index (χ1) is 29.4. The predicted molar refractivity (Wildman–Crippen MR) is 236 cm³/mol. The van der Waals surface area contributed by atoms with Gasteiger partial charge in [0.1, 0.15) is 6.04 Å². The molecule has 5 aliphatic rings. The highest BCUT2D eigenvalue weighted by atomic mass is 79.9. The molecular formula is C45H29Br2N7O7. The summed E-state index contributed by atoms with van der Waals surface area (Å²) in [6.45, 7) is 14.3. The number of rotatable bonds is 1. The standard InChI is InChI=1S/C17H11N3O3.C12H6N2O.C11H6BrNO.C5H6BrNO2/c1-18-11-5-6-12-15-9(11)3-2-4-10(15)17(23)20(12)13-7-8-14(21)19-16(13)22;1-13-9-5-6-10-11-7(9)3-2-4-8(11)12(15)14-10;12-8-4-5-9-10-6(8)2-1-3-7(10)11(14)13-9;6-3-1-2-4(8)7-5(3)9/h2-6,13H,7-8H2,(H,19,21,22);2-6H,(H,14,15);1-5H,(H,13,14);3H,1-2H2,(H,7,8,9). The van der Waals surface area contributed by atoms with Crippen LogP contribution in [0.25, 0.3) is 42.0 Å². The van der Waals surface area contributed by atoms with E-state index in [0.29, 0.717) is 58.2 Å². The third kappa shape index (κ3) is 7.37. The number of carbonyl (C=O) groups excluding carboxylic acids is 7. The number of imide groups is 2. The average molecular weight is 940 g/mol. The number of hydrogen-bond donors (Lipinski definition) is 4. The molecule has 7 amide bonds. The van der Waals surface area contributed by atoms with Crippen molar-refractivity contribution in [3.8, 4) is 0 Å². The van der Waals surface area contributed by atoms with Crippen LogP contribution < -0.4 is 26.2 Å². The minimum Gasteiger partial charge on any atom is -0.321 e. The first kappa shape index (κ1) is 40.5. The molecule has 61 heavy (non-hydrogen) atoms. The van der Waals surface area contributed by atoms with E-state index in [0.717, 1.165) is 43.0 Å². The highest BCUT2D eigenvalue weighted by Gasteiger charge is 2.40. The van der Waals surface area contributed by atoms with Crippen molar-refractivity contribution in [2.75, 3.05) is 15.5 Å². The van der Waals surface area contributed by atoms with Crippen LogP contribution in [0.15, 0.2) is 95.5 Å². The number of anilines is 3. The van der Waals surface area contributed by atoms with Crippen molar-refractivity contribution in [3.63, 3.8) is 0 Å². The summed E-state index contributed by atoms with van der Waals surface area (Å²) in [5, 5.41) is 15.3. The lowest BCUT2D eigenvalue weighted by Gasteiger charge is -2.30. The first-order valence-corrected chi connectivity index (χ1v) is 20.5. The molecule has 0 saturated carbocycles. The number of benzene rings is 6. The second-order valence-electron chi connectivity index (χ2n) is 14.2. The lowest BCUT2D eigenvalue weighted by atomic mass is 10.0. The van der Waals surface area contributed by atoms with Crippen molar-refractivity contribution < 1.29 is 33.6 Å². The zero-order valence-electron chi connectivity index (χ0n) is 31.6. The summed E-state index contributed by atoms with van der Waals surface area (Å²) >= 11 is 6.59. The summed E-state index contributed by atoms with van der Waals surface area (Å²) in [7, 11) is 0. The van der Waals surface area contributed by atoms with E-state index in [4.69, 9.17) is 13.1 Å². The summed E-state index contributed by atoms with van der Waals surface area (Å²) < 4.78 is 1.02. The smallest absolute Gasteiger partial charge is 0.259 e. The van der Waals surface area contributed by atoms with Gasteiger partial charge in [-0.1, -0.05) is 80.4 Å². The van der Waals surface area contributed by atoms with Gasteiger partial charge >= 0.3 is 0 Å². The van der Waals surface area contributed by atoms with Gasteiger partial charge in [0.05, 0.1) is 23.7 Å². The molecule has 2 atom stereocenters. The van der Waals surface area contributed by atoms with Gasteiger partial charge in [-0.25, -0.2) is 9.69 Å². The minimum absolute atomic E-state index is 0.0105. The van der Waals surface area contributed by atoms with Gasteiger partial charge in [0.25, 0.3) is 17.7 Å². The number of carbonyl (C=O) groups is 7. The molecule has 4 N–H and O–H groups in total. The highest BCUT2D eigenvalue weighted by Crippen LogP contribution is 2.43. The van der Waals surface area contributed by atoms with Gasteiger partial charge in [0, 0.05) is 61.5 Å². The van der Waals surface area contributed by atoms with Crippen LogP contribution >= 0.6 is 31.9 Å². The molecule has 5 heterocycles. The number of alkyl halides is 1. The molecule has 300 valence electrons. The van der Waals surface area contributed by atoms with Crippen molar-refractivity contribution in [2.45, 2.75) is 36.6 Å². The third-order valence-corrected chi connectivity index (χ3v) is 12.2. The van der Waals surface area contributed by atoms with E-state index < -0.39 is 11.9 Å². The summed E-state index contributed by atoms with van der Waals surface area (Å²) in [6, 6.07) is 26.5. The van der Waals surface area contributed by atoms with Crippen LogP contribution in [0.3, 0.4) is 0 Å². The zero-order chi connectivity index (χ0) is 43.1. The van der Waals surface area contributed by atoms with Crippen LogP contribution in [0, 0.1) is 13.1 Å². The highest BCUT2D eigenvalue weighted by molar-refractivity contribution is 9.10. The summed E-state index contributed by atoms with van der Waals surface area (Å²) in [4.78, 5) is 88.7. The molecule has 2 fully saturated rings. The Morgan fingerprint density at radius 1 is 0.557 bits per heavy atom. The normalized spacial score (nSPS) is 17.8. The lowest BCUT2D eigenvalue weighted by Crippen LogP contribution is -2.53. The van der Waals surface area contributed by atoms with Crippen LogP contribution in [0.5, 0.6) is 0 Å². The Bertz CT molecular complexity index is 3060. The van der Waals surface area contributed by atoms with E-state index in [1.807, 2.05) is 36.4 Å². The molecule has 6 aromatic rings. The molecule has 0 bridgehead atoms. The van der Waals surface area contributed by atoms with Crippen molar-refractivity contribution in [1.29, 1.82) is 0 Å². The second kappa shape index (κ2) is 16.4. The maximum Gasteiger partial charge on any atom is 0.259 e. The van der Waals surface area contributed by atoms with Gasteiger partial charge in [-0.3, -0.25) is 49.1 Å². The second-order valence-corrected chi connectivity index (χ2v) is 16.2. The maximum atomic E-state index is 12.8. The van der Waals surface area contributed by atoms with E-state index in [2.05, 4.69) is 62.8 Å². The molecule has 16 heteroatoms. The first-order valence-electron chi connectivity index (χ1n) is 18.8. The van der Waals surface area contributed by atoms with Crippen LogP contribution in [0.4, 0.5) is 28.4 Å². The summed E-state index contributed by atoms with van der Waals surface area (Å²) in [5.74, 6) is -1.51. The van der Waals surface area contributed by atoms with E-state index in [1.165, 1.54) is 4.90 Å². The average Bonchev–Trinajstić information content (AvgIpc) is 3.88. The maximum absolute atomic E-state index is 12.8. The van der Waals surface area contributed by atoms with E-state index >= 15 is 0 Å². The fourth-order valence-corrected chi connectivity index (χ4v) is 8.63. The minimum atomic E-state index is -0.699. The fraction of sp³-hybridized carbons (Fsp3) is 0.133. The number of hydrogen-bond acceptors (Lipinski definition) is 7. The Hall–Kier alpha value is -7.27. The molecule has 0 aliphatic carbocycles. The van der Waals surface area contributed by atoms with Gasteiger partial charge in [-0.05, 0) is 71.5 Å². The zero-order valence-corrected chi connectivity index (χ0v) is 34.8.